The van der Waals surface area contributed by atoms with E-state index in [2.05, 4.69) is 81.6 Å². The van der Waals surface area contributed by atoms with Gasteiger partial charge in [0.2, 0.25) is 0 Å². The third-order valence-corrected chi connectivity index (χ3v) is 7.87. The van der Waals surface area contributed by atoms with Crippen LogP contribution in [0.5, 0.6) is 0 Å². The minimum atomic E-state index is -0.826. The van der Waals surface area contributed by atoms with Gasteiger partial charge in [-0.3, -0.25) is 0 Å². The molecule has 0 saturated heterocycles. The average molecular weight is 485 g/mol. The molecule has 0 spiro atoms. The Bertz CT molecular complexity index is 440. The van der Waals surface area contributed by atoms with E-state index in [1.165, 1.54) is 36.0 Å². The van der Waals surface area contributed by atoms with E-state index in [9.17, 15) is 0 Å². The molecule has 0 heterocycles. The molecule has 0 aromatic heterocycles. The van der Waals surface area contributed by atoms with Crippen molar-refractivity contribution in [3.63, 3.8) is 0 Å². The molecule has 5 aliphatic carbocycles. The summed E-state index contributed by atoms with van der Waals surface area (Å²) in [6, 6.07) is 0. The van der Waals surface area contributed by atoms with Crippen molar-refractivity contribution in [2.24, 2.45) is 22.7 Å². The van der Waals surface area contributed by atoms with Crippen LogP contribution in [0.25, 0.3) is 0 Å². The zero-order valence-electron chi connectivity index (χ0n) is 18.3. The summed E-state index contributed by atoms with van der Waals surface area (Å²) in [6.45, 7) is 20.7. The summed E-state index contributed by atoms with van der Waals surface area (Å²) in [5.41, 5.74) is 0.932. The molecule has 5 saturated carbocycles. The second kappa shape index (κ2) is 9.30. The Morgan fingerprint density at radius 1 is 0.815 bits per heavy atom. The minimum absolute atomic E-state index is 0.400. The summed E-state index contributed by atoms with van der Waals surface area (Å²) in [5.74, 6) is 12.3. The van der Waals surface area contributed by atoms with Crippen LogP contribution in [0, 0.1) is 83.4 Å². The molecule has 2 atom stereocenters. The predicted octanol–water partition coefficient (Wildman–Crippen LogP) is 7.81. The van der Waals surface area contributed by atoms with E-state index in [-0.39, 0.29) is 0 Å². The maximum absolute atomic E-state index is 4.93. The van der Waals surface area contributed by atoms with E-state index in [0.717, 1.165) is 11.8 Å². The van der Waals surface area contributed by atoms with Crippen molar-refractivity contribution in [1.29, 1.82) is 0 Å². The van der Waals surface area contributed by atoms with Gasteiger partial charge in [0.25, 0.3) is 0 Å². The van der Waals surface area contributed by atoms with Crippen molar-refractivity contribution in [2.75, 3.05) is 0 Å². The van der Waals surface area contributed by atoms with Gasteiger partial charge in [0.1, 0.15) is 0 Å². The van der Waals surface area contributed by atoms with Crippen LogP contribution in [0.4, 0.5) is 0 Å². The van der Waals surface area contributed by atoms with Crippen molar-refractivity contribution < 1.29 is 20.8 Å². The van der Waals surface area contributed by atoms with Crippen LogP contribution in [-0.4, -0.2) is 0 Å². The van der Waals surface area contributed by atoms with Crippen LogP contribution in [0.1, 0.15) is 68.7 Å². The fourth-order valence-corrected chi connectivity index (χ4v) is 5.60. The normalized spacial score (nSPS) is 34.2. The van der Waals surface area contributed by atoms with E-state index in [1.54, 1.807) is 11.8 Å². The monoisotopic (exact) mass is 482 g/mol. The Morgan fingerprint density at radius 3 is 1.59 bits per heavy atom. The third kappa shape index (κ3) is 4.42. The summed E-state index contributed by atoms with van der Waals surface area (Å²) in [7, 11) is 9.87. The number of hydrogen-bond donors (Lipinski definition) is 0. The van der Waals surface area contributed by atoms with Gasteiger partial charge in [-0.15, -0.1) is 0 Å². The van der Waals surface area contributed by atoms with Crippen molar-refractivity contribution in [3.05, 3.63) is 60.7 Å². The summed E-state index contributed by atoms with van der Waals surface area (Å²) in [5, 5.41) is 0. The van der Waals surface area contributed by atoms with E-state index in [4.69, 9.17) is 17.0 Å². The summed E-state index contributed by atoms with van der Waals surface area (Å²) >= 11 is -0.826. The van der Waals surface area contributed by atoms with E-state index in [0.29, 0.717) is 10.8 Å². The van der Waals surface area contributed by atoms with Gasteiger partial charge in [-0.05, 0) is 89.8 Å². The van der Waals surface area contributed by atoms with Crippen LogP contribution in [-0.2, 0) is 20.8 Å². The molecule has 0 aliphatic heterocycles. The first-order valence-electron chi connectivity index (χ1n) is 9.84. The van der Waals surface area contributed by atoms with Gasteiger partial charge in [-0.25, -0.2) is 0 Å². The number of halogens is 2. The maximum atomic E-state index is 4.93. The van der Waals surface area contributed by atoms with Crippen LogP contribution < -0.4 is 0 Å². The Balaban J connectivity index is 0.000000178. The summed E-state index contributed by atoms with van der Waals surface area (Å²) < 4.78 is 0. The second-order valence-electron chi connectivity index (χ2n) is 9.48. The standard InChI is InChI=1S/C14H19.C10H15.2ClH.Zr/c1-13(2)10-7-5-6-9(10)11-8-12(13)14(11,3)4;1-6-7(2)9(4)10(5)8(6)3;;;/h5-7,11-12H,8H2,1-4H3;1-5H3;2*1H;/q;;;;+2/p-2. The summed E-state index contributed by atoms with van der Waals surface area (Å²) in [4.78, 5) is 0. The molecule has 5 rings (SSSR count). The Hall–Kier alpha value is 1.46. The molecule has 0 N–H and O–H groups in total. The molecule has 0 aromatic carbocycles. The molecule has 0 nitrogen and oxygen atoms in total. The van der Waals surface area contributed by atoms with Crippen LogP contribution >= 0.6 is 17.0 Å². The van der Waals surface area contributed by atoms with E-state index in [1.807, 2.05) is 0 Å². The number of hydrogen-bond acceptors (Lipinski definition) is 0. The van der Waals surface area contributed by atoms with E-state index < -0.39 is 20.8 Å². The van der Waals surface area contributed by atoms with E-state index >= 15 is 0 Å². The quantitative estimate of drug-likeness (QED) is 0.329. The molecule has 2 bridgehead atoms. The Kier molecular flexibility index (Phi) is 8.52. The number of rotatable bonds is 0. The fraction of sp³-hybridized carbons (Fsp3) is 0.583. The molecular formula is C24H34Cl2Zr. The molecular weight excluding hydrogens is 450 g/mol. The zero-order valence-corrected chi connectivity index (χ0v) is 22.3. The van der Waals surface area contributed by atoms with Crippen LogP contribution in [0.2, 0.25) is 0 Å². The molecule has 0 amide bonds. The molecule has 10 radical (unpaired) electrons. The zero-order chi connectivity index (χ0) is 20.7. The third-order valence-electron chi connectivity index (χ3n) is 7.87. The van der Waals surface area contributed by atoms with Gasteiger partial charge in [0.15, 0.2) is 0 Å². The average Bonchev–Trinajstić information content (AvgIpc) is 3.14. The van der Waals surface area contributed by atoms with Crippen molar-refractivity contribution in [3.8, 4) is 0 Å². The SMILES string of the molecule is CC1(C)[C]2[CH][CH][CH][C]2C2CC1C2(C)C.C[C]1[C](C)[C](C)[C](C)[C]1C.[Cl][Zr][Cl]. The molecule has 148 valence electrons. The molecule has 0 aromatic rings. The Labute approximate surface area is 189 Å². The van der Waals surface area contributed by atoms with Crippen molar-refractivity contribution >= 4 is 17.0 Å². The second-order valence-corrected chi connectivity index (χ2v) is 13.2. The molecule has 5 fully saturated rings. The Morgan fingerprint density at radius 2 is 1.22 bits per heavy atom. The van der Waals surface area contributed by atoms with Gasteiger partial charge in [-0.1, -0.05) is 62.3 Å². The molecule has 5 aliphatic rings. The first-order chi connectivity index (χ1) is 12.4. The van der Waals surface area contributed by atoms with Gasteiger partial charge in [0.05, 0.1) is 0 Å². The first-order valence-corrected chi connectivity index (χ1v) is 16.2. The fourth-order valence-electron chi connectivity index (χ4n) is 5.60. The van der Waals surface area contributed by atoms with Gasteiger partial charge >= 0.3 is 37.9 Å². The first kappa shape index (κ1) is 24.7. The molecule has 27 heavy (non-hydrogen) atoms. The van der Waals surface area contributed by atoms with Crippen molar-refractivity contribution in [1.82, 2.24) is 0 Å². The van der Waals surface area contributed by atoms with Gasteiger partial charge < -0.3 is 0 Å². The van der Waals surface area contributed by atoms with Gasteiger partial charge in [-0.2, -0.15) is 0 Å². The molecule has 2 unspecified atom stereocenters. The molecule has 3 heteroatoms. The summed E-state index contributed by atoms with van der Waals surface area (Å²) in [6.07, 6.45) is 8.34. The van der Waals surface area contributed by atoms with Gasteiger partial charge in [0, 0.05) is 0 Å². The predicted molar refractivity (Wildman–Crippen MR) is 115 cm³/mol. The van der Waals surface area contributed by atoms with Crippen LogP contribution in [0.3, 0.4) is 0 Å². The van der Waals surface area contributed by atoms with Crippen molar-refractivity contribution in [2.45, 2.75) is 68.7 Å². The van der Waals surface area contributed by atoms with Crippen LogP contribution in [0.15, 0.2) is 0 Å². The topological polar surface area (TPSA) is 0 Å².